The van der Waals surface area contributed by atoms with Crippen molar-refractivity contribution in [2.75, 3.05) is 0 Å². The van der Waals surface area contributed by atoms with Crippen LogP contribution < -0.4 is 15.6 Å². The van der Waals surface area contributed by atoms with E-state index >= 15 is 0 Å². The van der Waals surface area contributed by atoms with Gasteiger partial charge < -0.3 is 10.5 Å². The molecule has 8 heteroatoms. The van der Waals surface area contributed by atoms with Crippen LogP contribution in [0.25, 0.3) is 16.9 Å². The van der Waals surface area contributed by atoms with E-state index in [2.05, 4.69) is 5.10 Å². The highest BCUT2D eigenvalue weighted by Crippen LogP contribution is 2.39. The lowest BCUT2D eigenvalue weighted by Gasteiger charge is -2.19. The standard InChI is InChI=1S/C17H14N4O3S/c18-17(22)15-13-9-24-14-4-2-1-3-12(14)16(13)21(20-15)10-5-7-11(8-6-10)25(19)23/h1-8H,9,19H2,(H2,18,22). The average Bonchev–Trinajstić information content (AvgIpc) is 3.02. The molecule has 2 aromatic carbocycles. The topological polar surface area (TPSA) is 113 Å². The number of carbonyl (C=O) groups excluding carboxylic acids is 1. The van der Waals surface area contributed by atoms with Crippen LogP contribution in [-0.4, -0.2) is 19.9 Å². The van der Waals surface area contributed by atoms with Gasteiger partial charge in [0, 0.05) is 11.1 Å². The number of para-hydroxylation sites is 1. The summed E-state index contributed by atoms with van der Waals surface area (Å²) in [5, 5.41) is 9.78. The molecule has 1 amide bonds. The predicted octanol–water partition coefficient (Wildman–Crippen LogP) is 1.51. The van der Waals surface area contributed by atoms with E-state index in [0.717, 1.165) is 11.3 Å². The van der Waals surface area contributed by atoms with Gasteiger partial charge in [-0.3, -0.25) is 4.79 Å². The van der Waals surface area contributed by atoms with Crippen LogP contribution in [-0.2, 0) is 17.6 Å². The van der Waals surface area contributed by atoms with Gasteiger partial charge in [-0.1, -0.05) is 12.1 Å². The number of hydrogen-bond acceptors (Lipinski definition) is 4. The van der Waals surface area contributed by atoms with Crippen molar-refractivity contribution in [2.24, 2.45) is 10.9 Å². The van der Waals surface area contributed by atoms with E-state index in [1.165, 1.54) is 0 Å². The molecule has 4 rings (SSSR count). The molecule has 1 atom stereocenters. The normalized spacial score (nSPS) is 13.5. The lowest BCUT2D eigenvalue weighted by atomic mass is 10.0. The third-order valence-electron chi connectivity index (χ3n) is 4.04. The SMILES string of the molecule is NC(=O)c1nn(-c2ccc(S(N)=O)cc2)c2c1COc1ccccc1-2. The lowest BCUT2D eigenvalue weighted by molar-refractivity contribution is 0.0992. The monoisotopic (exact) mass is 354 g/mol. The minimum absolute atomic E-state index is 0.177. The summed E-state index contributed by atoms with van der Waals surface area (Å²) in [6.45, 7) is 0.218. The first-order valence-corrected chi connectivity index (χ1v) is 8.68. The summed E-state index contributed by atoms with van der Waals surface area (Å²) in [6.07, 6.45) is 0. The molecule has 1 aliphatic rings. The summed E-state index contributed by atoms with van der Waals surface area (Å²) in [4.78, 5) is 12.3. The number of fused-ring (bicyclic) bond motifs is 3. The van der Waals surface area contributed by atoms with E-state index in [1.807, 2.05) is 24.3 Å². The number of amides is 1. The minimum atomic E-state index is -1.56. The molecule has 0 radical (unpaired) electrons. The van der Waals surface area contributed by atoms with Gasteiger partial charge in [-0.05, 0) is 36.4 Å². The second-order valence-electron chi connectivity index (χ2n) is 5.53. The summed E-state index contributed by atoms with van der Waals surface area (Å²) >= 11 is 0. The molecule has 0 fully saturated rings. The van der Waals surface area contributed by atoms with Crippen LogP contribution in [0.15, 0.2) is 53.4 Å². The Morgan fingerprint density at radius 1 is 1.16 bits per heavy atom. The Balaban J connectivity index is 1.95. The average molecular weight is 354 g/mol. The Hall–Kier alpha value is -2.97. The maximum atomic E-state index is 11.8. The van der Waals surface area contributed by atoms with Crippen molar-refractivity contribution >= 4 is 16.9 Å². The second-order valence-corrected chi connectivity index (χ2v) is 6.59. The fourth-order valence-electron chi connectivity index (χ4n) is 2.91. The van der Waals surface area contributed by atoms with Crippen molar-refractivity contribution in [1.82, 2.24) is 9.78 Å². The van der Waals surface area contributed by atoms with Crippen molar-refractivity contribution in [3.8, 4) is 22.7 Å². The minimum Gasteiger partial charge on any atom is -0.488 e. The number of benzene rings is 2. The first-order chi connectivity index (χ1) is 12.1. The molecule has 1 aliphatic heterocycles. The van der Waals surface area contributed by atoms with Crippen molar-refractivity contribution < 1.29 is 13.7 Å². The van der Waals surface area contributed by atoms with Crippen LogP contribution in [0.5, 0.6) is 5.75 Å². The van der Waals surface area contributed by atoms with E-state index < -0.39 is 16.9 Å². The third kappa shape index (κ3) is 2.51. The van der Waals surface area contributed by atoms with Gasteiger partial charge in [-0.2, -0.15) is 5.10 Å². The first kappa shape index (κ1) is 15.6. The molecule has 126 valence electrons. The maximum Gasteiger partial charge on any atom is 0.269 e. The van der Waals surface area contributed by atoms with Gasteiger partial charge in [-0.25, -0.2) is 14.0 Å². The fourth-order valence-corrected chi connectivity index (χ4v) is 3.31. The number of hydrogen-bond donors (Lipinski definition) is 2. The summed E-state index contributed by atoms with van der Waals surface area (Å²) in [7, 11) is -1.56. The van der Waals surface area contributed by atoms with E-state index in [-0.39, 0.29) is 12.3 Å². The zero-order chi connectivity index (χ0) is 17.6. The van der Waals surface area contributed by atoms with E-state index in [1.54, 1.807) is 28.9 Å². The van der Waals surface area contributed by atoms with Crippen LogP contribution in [0.4, 0.5) is 0 Å². The number of primary amides is 1. The van der Waals surface area contributed by atoms with E-state index in [4.69, 9.17) is 15.6 Å². The van der Waals surface area contributed by atoms with Crippen LogP contribution in [0, 0.1) is 0 Å². The van der Waals surface area contributed by atoms with Gasteiger partial charge >= 0.3 is 0 Å². The van der Waals surface area contributed by atoms with Crippen molar-refractivity contribution in [2.45, 2.75) is 11.5 Å². The molecule has 1 unspecified atom stereocenters. The highest BCUT2D eigenvalue weighted by molar-refractivity contribution is 7.82. The van der Waals surface area contributed by atoms with Crippen LogP contribution >= 0.6 is 0 Å². The Kier molecular flexibility index (Phi) is 3.63. The Labute approximate surface area is 145 Å². The van der Waals surface area contributed by atoms with Gasteiger partial charge in [-0.15, -0.1) is 0 Å². The van der Waals surface area contributed by atoms with Crippen molar-refractivity contribution in [3.05, 3.63) is 59.8 Å². The molecule has 1 aromatic heterocycles. The van der Waals surface area contributed by atoms with Gasteiger partial charge in [0.1, 0.15) is 23.3 Å². The Morgan fingerprint density at radius 3 is 2.56 bits per heavy atom. The quantitative estimate of drug-likeness (QED) is 0.742. The third-order valence-corrected chi connectivity index (χ3v) is 4.78. The molecule has 0 spiro atoms. The zero-order valence-electron chi connectivity index (χ0n) is 13.0. The summed E-state index contributed by atoms with van der Waals surface area (Å²) in [5.41, 5.74) is 8.61. The summed E-state index contributed by atoms with van der Waals surface area (Å²) < 4.78 is 18.7. The van der Waals surface area contributed by atoms with Gasteiger partial charge in [0.15, 0.2) is 5.69 Å². The molecule has 0 aliphatic carbocycles. The molecule has 7 nitrogen and oxygen atoms in total. The number of nitrogens with zero attached hydrogens (tertiary/aromatic N) is 2. The fraction of sp³-hybridized carbons (Fsp3) is 0.0588. The maximum absolute atomic E-state index is 11.8. The lowest BCUT2D eigenvalue weighted by Crippen LogP contribution is -2.16. The van der Waals surface area contributed by atoms with Gasteiger partial charge in [0.05, 0.1) is 16.3 Å². The molecule has 2 heterocycles. The molecular formula is C17H14N4O3S. The second kappa shape index (κ2) is 5.83. The van der Waals surface area contributed by atoms with E-state index in [0.29, 0.717) is 21.9 Å². The molecule has 3 aromatic rings. The Bertz CT molecular complexity index is 1010. The summed E-state index contributed by atoms with van der Waals surface area (Å²) in [5.74, 6) is 0.101. The molecule has 0 saturated heterocycles. The number of rotatable bonds is 3. The molecule has 4 N–H and O–H groups in total. The molecular weight excluding hydrogens is 340 g/mol. The van der Waals surface area contributed by atoms with Gasteiger partial charge in [0.2, 0.25) is 0 Å². The summed E-state index contributed by atoms with van der Waals surface area (Å²) in [6, 6.07) is 14.3. The smallest absolute Gasteiger partial charge is 0.269 e. The van der Waals surface area contributed by atoms with Crippen molar-refractivity contribution in [3.63, 3.8) is 0 Å². The number of carbonyl (C=O) groups is 1. The molecule has 0 saturated carbocycles. The highest BCUT2D eigenvalue weighted by Gasteiger charge is 2.28. The van der Waals surface area contributed by atoms with Crippen LogP contribution in [0.3, 0.4) is 0 Å². The molecule has 25 heavy (non-hydrogen) atoms. The number of nitrogens with two attached hydrogens (primary N) is 2. The van der Waals surface area contributed by atoms with Crippen LogP contribution in [0.1, 0.15) is 16.1 Å². The molecule has 0 bridgehead atoms. The van der Waals surface area contributed by atoms with Crippen LogP contribution in [0.2, 0.25) is 0 Å². The largest absolute Gasteiger partial charge is 0.488 e. The predicted molar refractivity (Wildman–Crippen MR) is 92.4 cm³/mol. The first-order valence-electron chi connectivity index (χ1n) is 7.47. The van der Waals surface area contributed by atoms with E-state index in [9.17, 15) is 9.00 Å². The zero-order valence-corrected chi connectivity index (χ0v) is 13.8. The van der Waals surface area contributed by atoms with Crippen molar-refractivity contribution in [1.29, 1.82) is 0 Å². The number of ether oxygens (including phenoxy) is 1. The number of aromatic nitrogens is 2. The highest BCUT2D eigenvalue weighted by atomic mass is 32.2. The van der Waals surface area contributed by atoms with Gasteiger partial charge in [0.25, 0.3) is 5.91 Å². The Morgan fingerprint density at radius 2 is 1.88 bits per heavy atom.